The number of benzene rings is 1. The van der Waals surface area contributed by atoms with E-state index in [0.717, 1.165) is 0 Å². The maximum absolute atomic E-state index is 12.6. The van der Waals surface area contributed by atoms with Crippen LogP contribution in [-0.2, 0) is 4.74 Å². The van der Waals surface area contributed by atoms with Gasteiger partial charge in [-0.1, -0.05) is 0 Å². The molecule has 0 fully saturated rings. The van der Waals surface area contributed by atoms with Gasteiger partial charge in [-0.15, -0.1) is 0 Å². The van der Waals surface area contributed by atoms with E-state index in [2.05, 4.69) is 0 Å². The highest BCUT2D eigenvalue weighted by Crippen LogP contribution is 2.19. The molecule has 0 amide bonds. The largest absolute Gasteiger partial charge is 0.494 e. The average molecular weight is 202 g/mol. The van der Waals surface area contributed by atoms with Crippen molar-refractivity contribution in [3.05, 3.63) is 41.2 Å². The number of hydrogen-bond donors (Lipinski definition) is 0. The summed E-state index contributed by atoms with van der Waals surface area (Å²) in [6, 6.07) is 8.80. The van der Waals surface area contributed by atoms with Gasteiger partial charge in [-0.2, -0.15) is 10.5 Å². The molecule has 1 aromatic rings. The molecule has 0 aliphatic carbocycles. The van der Waals surface area contributed by atoms with Crippen molar-refractivity contribution in [1.82, 2.24) is 0 Å². The fourth-order valence-electron chi connectivity index (χ4n) is 1.09. The Morgan fingerprint density at radius 3 is 2.13 bits per heavy atom. The van der Waals surface area contributed by atoms with E-state index < -0.39 is 0 Å². The lowest BCUT2D eigenvalue weighted by Gasteiger charge is -2.05. The molecular formula is C11H7FN2O. The molecule has 74 valence electrons. The third kappa shape index (κ3) is 2.32. The van der Waals surface area contributed by atoms with Gasteiger partial charge < -0.3 is 4.74 Å². The molecule has 0 saturated carbocycles. The van der Waals surface area contributed by atoms with Gasteiger partial charge in [0.15, 0.2) is 11.3 Å². The molecular weight excluding hydrogens is 195 g/mol. The molecule has 0 aliphatic rings. The minimum atomic E-state index is -0.385. The first kappa shape index (κ1) is 10.7. The Bertz CT molecular complexity index is 447. The molecule has 0 atom stereocenters. The number of ether oxygens (including phenoxy) is 1. The smallest absolute Gasteiger partial charge is 0.172 e. The third-order valence-corrected chi connectivity index (χ3v) is 1.76. The van der Waals surface area contributed by atoms with Crippen molar-refractivity contribution >= 4 is 5.76 Å². The molecule has 0 aliphatic heterocycles. The number of rotatable bonds is 2. The summed E-state index contributed by atoms with van der Waals surface area (Å²) in [6.07, 6.45) is 0. The van der Waals surface area contributed by atoms with Crippen LogP contribution in [0.15, 0.2) is 29.8 Å². The molecule has 4 heteroatoms. The van der Waals surface area contributed by atoms with Crippen molar-refractivity contribution in [1.29, 1.82) is 10.5 Å². The van der Waals surface area contributed by atoms with Crippen LogP contribution in [0.3, 0.4) is 0 Å². The predicted octanol–water partition coefficient (Wildman–Crippen LogP) is 2.23. The number of nitriles is 2. The van der Waals surface area contributed by atoms with E-state index in [-0.39, 0.29) is 17.1 Å². The van der Waals surface area contributed by atoms with Crippen LogP contribution >= 0.6 is 0 Å². The van der Waals surface area contributed by atoms with E-state index in [1.807, 2.05) is 0 Å². The molecule has 0 heterocycles. The Labute approximate surface area is 86.6 Å². The van der Waals surface area contributed by atoms with Crippen molar-refractivity contribution in [2.75, 3.05) is 7.11 Å². The summed E-state index contributed by atoms with van der Waals surface area (Å²) < 4.78 is 17.6. The molecule has 0 saturated heterocycles. The average Bonchev–Trinajstić information content (AvgIpc) is 2.27. The lowest BCUT2D eigenvalue weighted by molar-refractivity contribution is 0.369. The Morgan fingerprint density at radius 2 is 1.73 bits per heavy atom. The van der Waals surface area contributed by atoms with Gasteiger partial charge in [-0.25, -0.2) is 4.39 Å². The quantitative estimate of drug-likeness (QED) is 0.545. The number of methoxy groups -OCH3 is 1. The van der Waals surface area contributed by atoms with Crippen LogP contribution in [-0.4, -0.2) is 7.11 Å². The maximum Gasteiger partial charge on any atom is 0.172 e. The molecule has 0 N–H and O–H groups in total. The Hall–Kier alpha value is -2.33. The van der Waals surface area contributed by atoms with Crippen molar-refractivity contribution in [2.24, 2.45) is 0 Å². The van der Waals surface area contributed by atoms with Gasteiger partial charge in [-0.3, -0.25) is 0 Å². The maximum atomic E-state index is 12.6. The summed E-state index contributed by atoms with van der Waals surface area (Å²) in [5.74, 6) is -0.232. The van der Waals surface area contributed by atoms with E-state index in [9.17, 15) is 4.39 Å². The minimum Gasteiger partial charge on any atom is -0.494 e. The Balaban J connectivity index is 3.27. The van der Waals surface area contributed by atoms with Gasteiger partial charge in [0.1, 0.15) is 18.0 Å². The minimum absolute atomic E-state index is 0.135. The number of nitrogens with zero attached hydrogens (tertiary/aromatic N) is 2. The van der Waals surface area contributed by atoms with Gasteiger partial charge in [0, 0.05) is 5.56 Å². The van der Waals surface area contributed by atoms with Crippen molar-refractivity contribution in [2.45, 2.75) is 0 Å². The second-order valence-electron chi connectivity index (χ2n) is 2.64. The SMILES string of the molecule is COC(=C(C#N)C#N)c1ccc(F)cc1. The third-order valence-electron chi connectivity index (χ3n) is 1.76. The normalized spacial score (nSPS) is 8.53. The van der Waals surface area contributed by atoms with Crippen molar-refractivity contribution in [3.8, 4) is 12.1 Å². The fourth-order valence-corrected chi connectivity index (χ4v) is 1.09. The van der Waals surface area contributed by atoms with Gasteiger partial charge in [0.25, 0.3) is 0 Å². The number of allylic oxidation sites excluding steroid dienone is 1. The summed E-state index contributed by atoms with van der Waals surface area (Å²) in [6.45, 7) is 0. The first-order valence-electron chi connectivity index (χ1n) is 4.07. The Kier molecular flexibility index (Phi) is 3.43. The van der Waals surface area contributed by atoms with Gasteiger partial charge in [0.2, 0.25) is 0 Å². The molecule has 3 nitrogen and oxygen atoms in total. The van der Waals surface area contributed by atoms with Crippen molar-refractivity contribution in [3.63, 3.8) is 0 Å². The first-order valence-corrected chi connectivity index (χ1v) is 4.07. The van der Waals surface area contributed by atoms with Crippen LogP contribution in [0.25, 0.3) is 5.76 Å². The lowest BCUT2D eigenvalue weighted by atomic mass is 10.1. The zero-order valence-electron chi connectivity index (χ0n) is 7.99. The van der Waals surface area contributed by atoms with E-state index in [1.165, 1.54) is 31.4 Å². The fraction of sp³-hybridized carbons (Fsp3) is 0.0909. The van der Waals surface area contributed by atoms with Crippen LogP contribution < -0.4 is 0 Å². The summed E-state index contributed by atoms with van der Waals surface area (Å²) in [5.41, 5.74) is 0.362. The number of hydrogen-bond acceptors (Lipinski definition) is 3. The van der Waals surface area contributed by atoms with Gasteiger partial charge >= 0.3 is 0 Å². The van der Waals surface area contributed by atoms with Gasteiger partial charge in [-0.05, 0) is 24.3 Å². The molecule has 0 unspecified atom stereocenters. The summed E-state index contributed by atoms with van der Waals surface area (Å²) in [4.78, 5) is 0. The second-order valence-corrected chi connectivity index (χ2v) is 2.64. The molecule has 1 rings (SSSR count). The molecule has 0 spiro atoms. The second kappa shape index (κ2) is 4.78. The summed E-state index contributed by atoms with van der Waals surface area (Å²) >= 11 is 0. The Morgan fingerprint density at radius 1 is 1.20 bits per heavy atom. The zero-order valence-corrected chi connectivity index (χ0v) is 7.99. The summed E-state index contributed by atoms with van der Waals surface area (Å²) in [5, 5.41) is 17.3. The summed E-state index contributed by atoms with van der Waals surface area (Å²) in [7, 11) is 1.35. The van der Waals surface area contributed by atoms with E-state index in [0.29, 0.717) is 5.56 Å². The lowest BCUT2D eigenvalue weighted by Crippen LogP contribution is -1.92. The first-order chi connectivity index (χ1) is 7.22. The zero-order chi connectivity index (χ0) is 11.3. The molecule has 0 radical (unpaired) electrons. The van der Waals surface area contributed by atoms with Crippen LogP contribution in [0, 0.1) is 28.5 Å². The van der Waals surface area contributed by atoms with E-state index in [1.54, 1.807) is 12.1 Å². The molecule has 0 aromatic heterocycles. The highest BCUT2D eigenvalue weighted by atomic mass is 19.1. The highest BCUT2D eigenvalue weighted by molar-refractivity contribution is 5.70. The van der Waals surface area contributed by atoms with E-state index in [4.69, 9.17) is 15.3 Å². The number of halogens is 1. The predicted molar refractivity (Wildman–Crippen MR) is 51.6 cm³/mol. The monoisotopic (exact) mass is 202 g/mol. The van der Waals surface area contributed by atoms with Gasteiger partial charge in [0.05, 0.1) is 7.11 Å². The van der Waals surface area contributed by atoms with Crippen molar-refractivity contribution < 1.29 is 9.13 Å². The standard InChI is InChI=1S/C11H7FN2O/c1-15-11(9(6-13)7-14)8-2-4-10(12)5-3-8/h2-5H,1H3. The van der Waals surface area contributed by atoms with Crippen LogP contribution in [0.1, 0.15) is 5.56 Å². The highest BCUT2D eigenvalue weighted by Gasteiger charge is 2.09. The van der Waals surface area contributed by atoms with E-state index >= 15 is 0 Å². The molecule has 0 bridgehead atoms. The van der Waals surface area contributed by atoms with Crippen LogP contribution in [0.4, 0.5) is 4.39 Å². The van der Waals surface area contributed by atoms with Crippen LogP contribution in [0.5, 0.6) is 0 Å². The topological polar surface area (TPSA) is 56.8 Å². The molecule has 1 aromatic carbocycles. The molecule has 15 heavy (non-hydrogen) atoms. The van der Waals surface area contributed by atoms with Crippen LogP contribution in [0.2, 0.25) is 0 Å².